The molecule has 1 aromatic carbocycles. The van der Waals surface area contributed by atoms with Gasteiger partial charge in [-0.3, -0.25) is 4.79 Å². The molecule has 0 aliphatic heterocycles. The van der Waals surface area contributed by atoms with Crippen LogP contribution in [0.1, 0.15) is 33.6 Å². The molecule has 0 radical (unpaired) electrons. The van der Waals surface area contributed by atoms with Crippen LogP contribution in [0.25, 0.3) is 0 Å². The molecule has 0 atom stereocenters. The minimum absolute atomic E-state index is 0.222. The molecule has 1 rings (SSSR count). The van der Waals surface area contributed by atoms with Crippen molar-refractivity contribution < 1.29 is 17.9 Å². The summed E-state index contributed by atoms with van der Waals surface area (Å²) >= 11 is 0. The first kappa shape index (κ1) is 21.4. The molecule has 0 aromatic heterocycles. The van der Waals surface area contributed by atoms with Crippen LogP contribution in [0.4, 0.5) is 5.69 Å². The topological polar surface area (TPSA) is 79.0 Å². The fraction of sp³-hybridized carbons (Fsp3) is 0.588. The van der Waals surface area contributed by atoms with Gasteiger partial charge >= 0.3 is 0 Å². The highest BCUT2D eigenvalue weighted by Gasteiger charge is 2.29. The van der Waals surface area contributed by atoms with E-state index < -0.39 is 10.2 Å². The molecule has 0 spiro atoms. The number of ether oxygens (including phenoxy) is 1. The van der Waals surface area contributed by atoms with Crippen molar-refractivity contribution in [3.05, 3.63) is 24.3 Å². The lowest BCUT2D eigenvalue weighted by Crippen LogP contribution is -2.47. The Morgan fingerprint density at radius 3 is 2.28 bits per heavy atom. The number of carbonyl (C=O) groups excluding carboxylic acids is 1. The molecule has 0 aliphatic rings. The van der Waals surface area contributed by atoms with E-state index in [0.29, 0.717) is 24.5 Å². The lowest BCUT2D eigenvalue weighted by atomic mass is 10.3. The Labute approximate surface area is 151 Å². The maximum atomic E-state index is 12.8. The Kier molecular flexibility index (Phi) is 8.88. The number of nitrogens with one attached hydrogen (secondary N) is 1. The second-order valence-electron chi connectivity index (χ2n) is 5.61. The van der Waals surface area contributed by atoms with E-state index in [0.717, 1.165) is 12.8 Å². The van der Waals surface area contributed by atoms with E-state index in [4.69, 9.17) is 4.74 Å². The molecule has 1 aromatic rings. The Morgan fingerprint density at radius 1 is 1.12 bits per heavy atom. The van der Waals surface area contributed by atoms with Gasteiger partial charge in [-0.25, -0.2) is 0 Å². The van der Waals surface area contributed by atoms with Crippen molar-refractivity contribution in [3.63, 3.8) is 0 Å². The van der Waals surface area contributed by atoms with Gasteiger partial charge in [0.2, 0.25) is 5.91 Å². The summed E-state index contributed by atoms with van der Waals surface area (Å²) in [4.78, 5) is 12.3. The summed E-state index contributed by atoms with van der Waals surface area (Å²) < 4.78 is 33.3. The zero-order valence-corrected chi connectivity index (χ0v) is 16.3. The van der Waals surface area contributed by atoms with Gasteiger partial charge in [0.15, 0.2) is 0 Å². The van der Waals surface area contributed by atoms with Crippen molar-refractivity contribution in [1.29, 1.82) is 0 Å². The van der Waals surface area contributed by atoms with Gasteiger partial charge in [-0.15, -0.1) is 0 Å². The number of hydrogen-bond acceptors (Lipinski definition) is 4. The van der Waals surface area contributed by atoms with Crippen molar-refractivity contribution in [2.75, 3.05) is 38.6 Å². The smallest absolute Gasteiger partial charge is 0.282 e. The Balaban J connectivity index is 2.83. The predicted molar refractivity (Wildman–Crippen MR) is 99.9 cm³/mol. The van der Waals surface area contributed by atoms with Crippen LogP contribution >= 0.6 is 0 Å². The third-order valence-electron chi connectivity index (χ3n) is 3.62. The fourth-order valence-electron chi connectivity index (χ4n) is 2.42. The van der Waals surface area contributed by atoms with Gasteiger partial charge in [0.25, 0.3) is 10.2 Å². The van der Waals surface area contributed by atoms with E-state index in [1.165, 1.54) is 8.61 Å². The van der Waals surface area contributed by atoms with Gasteiger partial charge in [0.05, 0.1) is 13.7 Å². The lowest BCUT2D eigenvalue weighted by molar-refractivity contribution is -0.116. The van der Waals surface area contributed by atoms with Crippen molar-refractivity contribution >= 4 is 21.8 Å². The summed E-state index contributed by atoms with van der Waals surface area (Å²) in [6.07, 6.45) is 1.46. The standard InChI is InChI=1S/C17H29N3O4S/c1-5-11-20(12-6-2)25(22,23)19(7-3)14-17(21)18-15-9-8-10-16(13-15)24-4/h8-10,13H,5-7,11-12,14H2,1-4H3,(H,18,21). The molecular formula is C17H29N3O4S. The SMILES string of the molecule is CCCN(CCC)S(=O)(=O)N(CC)CC(=O)Nc1cccc(OC)c1. The number of nitrogens with zero attached hydrogens (tertiary/aromatic N) is 2. The monoisotopic (exact) mass is 371 g/mol. The molecule has 7 nitrogen and oxygen atoms in total. The van der Waals surface area contributed by atoms with Gasteiger partial charge in [0.1, 0.15) is 5.75 Å². The van der Waals surface area contributed by atoms with E-state index in [9.17, 15) is 13.2 Å². The van der Waals surface area contributed by atoms with Gasteiger partial charge in [-0.2, -0.15) is 17.0 Å². The van der Waals surface area contributed by atoms with Gasteiger partial charge in [-0.05, 0) is 25.0 Å². The number of rotatable bonds is 11. The number of hydrogen-bond donors (Lipinski definition) is 1. The number of amides is 1. The fourth-order valence-corrected chi connectivity index (χ4v) is 4.18. The maximum absolute atomic E-state index is 12.8. The van der Waals surface area contributed by atoms with Crippen LogP contribution < -0.4 is 10.1 Å². The average molecular weight is 372 g/mol. The number of benzene rings is 1. The third kappa shape index (κ3) is 6.30. The number of methoxy groups -OCH3 is 1. The van der Waals surface area contributed by atoms with Crippen LogP contribution in [0.2, 0.25) is 0 Å². The van der Waals surface area contributed by atoms with E-state index in [1.54, 1.807) is 38.3 Å². The highest BCUT2D eigenvalue weighted by atomic mass is 32.2. The van der Waals surface area contributed by atoms with Gasteiger partial charge in [0, 0.05) is 31.4 Å². The van der Waals surface area contributed by atoms with Crippen molar-refractivity contribution in [2.45, 2.75) is 33.6 Å². The Hall–Kier alpha value is -1.64. The average Bonchev–Trinajstić information content (AvgIpc) is 2.59. The largest absolute Gasteiger partial charge is 0.497 e. The summed E-state index contributed by atoms with van der Waals surface area (Å²) in [6, 6.07) is 6.94. The van der Waals surface area contributed by atoms with Gasteiger partial charge < -0.3 is 10.1 Å². The van der Waals surface area contributed by atoms with E-state index in [1.807, 2.05) is 13.8 Å². The highest BCUT2D eigenvalue weighted by molar-refractivity contribution is 7.86. The molecule has 0 unspecified atom stereocenters. The maximum Gasteiger partial charge on any atom is 0.282 e. The summed E-state index contributed by atoms with van der Waals surface area (Å²) in [5.41, 5.74) is 0.566. The number of likely N-dealkylation sites (N-methyl/N-ethyl adjacent to an activating group) is 1. The van der Waals surface area contributed by atoms with Crippen LogP contribution in [0, 0.1) is 0 Å². The minimum atomic E-state index is -3.66. The summed E-state index contributed by atoms with van der Waals surface area (Å²) in [7, 11) is -2.11. The third-order valence-corrected chi connectivity index (χ3v) is 5.68. The molecule has 25 heavy (non-hydrogen) atoms. The second-order valence-corrected chi connectivity index (χ2v) is 7.54. The summed E-state index contributed by atoms with van der Waals surface area (Å²) in [5.74, 6) is 0.237. The van der Waals surface area contributed by atoms with Crippen LogP contribution in [-0.4, -0.2) is 56.2 Å². The molecule has 0 heterocycles. The molecule has 0 bridgehead atoms. The normalized spacial score (nSPS) is 11.8. The minimum Gasteiger partial charge on any atom is -0.497 e. The molecule has 142 valence electrons. The molecule has 0 fully saturated rings. The predicted octanol–water partition coefficient (Wildman–Crippen LogP) is 2.32. The molecule has 1 amide bonds. The molecule has 0 aliphatic carbocycles. The molecular weight excluding hydrogens is 342 g/mol. The van der Waals surface area contributed by atoms with Crippen molar-refractivity contribution in [1.82, 2.24) is 8.61 Å². The molecule has 8 heteroatoms. The molecule has 0 saturated heterocycles. The Bertz CT molecular complexity index is 643. The Morgan fingerprint density at radius 2 is 1.76 bits per heavy atom. The second kappa shape index (κ2) is 10.4. The van der Waals surface area contributed by atoms with E-state index in [-0.39, 0.29) is 19.0 Å². The van der Waals surface area contributed by atoms with Gasteiger partial charge in [-0.1, -0.05) is 26.8 Å². The zero-order valence-electron chi connectivity index (χ0n) is 15.5. The lowest BCUT2D eigenvalue weighted by Gasteiger charge is -2.28. The zero-order chi connectivity index (χ0) is 18.9. The summed E-state index contributed by atoms with van der Waals surface area (Å²) in [5, 5.41) is 2.71. The van der Waals surface area contributed by atoms with Crippen molar-refractivity contribution in [2.24, 2.45) is 0 Å². The van der Waals surface area contributed by atoms with Crippen LogP contribution in [0.3, 0.4) is 0 Å². The van der Waals surface area contributed by atoms with E-state index >= 15 is 0 Å². The number of carbonyl (C=O) groups is 1. The van der Waals surface area contributed by atoms with Crippen molar-refractivity contribution in [3.8, 4) is 5.75 Å². The van der Waals surface area contributed by atoms with Crippen LogP contribution in [-0.2, 0) is 15.0 Å². The van der Waals surface area contributed by atoms with Crippen LogP contribution in [0.15, 0.2) is 24.3 Å². The van der Waals surface area contributed by atoms with E-state index in [2.05, 4.69) is 5.32 Å². The molecule has 1 N–H and O–H groups in total. The highest BCUT2D eigenvalue weighted by Crippen LogP contribution is 2.17. The molecule has 0 saturated carbocycles. The first-order chi connectivity index (χ1) is 11.9. The van der Waals surface area contributed by atoms with Crippen LogP contribution in [0.5, 0.6) is 5.75 Å². The number of anilines is 1. The first-order valence-electron chi connectivity index (χ1n) is 8.58. The quantitative estimate of drug-likeness (QED) is 0.647. The first-order valence-corrected chi connectivity index (χ1v) is 9.97. The summed E-state index contributed by atoms with van der Waals surface area (Å²) in [6.45, 7) is 6.51.